The van der Waals surface area contributed by atoms with Crippen LogP contribution in [0.15, 0.2) is 388 Å². The number of para-hydroxylation sites is 4. The van der Waals surface area contributed by atoms with Gasteiger partial charge in [0.05, 0.1) is 44.1 Å². The summed E-state index contributed by atoms with van der Waals surface area (Å²) in [5.41, 5.74) is 28.9. The molecule has 0 fully saturated rings. The highest BCUT2D eigenvalue weighted by Crippen LogP contribution is 2.43. The molecule has 4 nitrogen and oxygen atoms in total. The lowest BCUT2D eigenvalue weighted by Gasteiger charge is -2.11. The minimum atomic E-state index is 1.15. The van der Waals surface area contributed by atoms with E-state index in [1.54, 1.807) is 0 Å². The largest absolute Gasteiger partial charge is 0.309 e. The number of fused-ring (bicyclic) bond motifs is 12. The fourth-order valence-corrected chi connectivity index (χ4v) is 15.5. The van der Waals surface area contributed by atoms with Crippen molar-refractivity contribution in [2.75, 3.05) is 0 Å². The Morgan fingerprint density at radius 2 is 0.340 bits per heavy atom. The summed E-state index contributed by atoms with van der Waals surface area (Å²) in [4.78, 5) is 0. The van der Waals surface area contributed by atoms with Gasteiger partial charge in [-0.25, -0.2) is 0 Å². The Morgan fingerprint density at radius 3 is 0.730 bits per heavy atom. The molecule has 0 saturated carbocycles. The van der Waals surface area contributed by atoms with E-state index in [-0.39, 0.29) is 0 Å². The second kappa shape index (κ2) is 24.4. The summed E-state index contributed by atoms with van der Waals surface area (Å²) in [6.07, 6.45) is 0. The lowest BCUT2D eigenvalue weighted by atomic mass is 9.99. The van der Waals surface area contributed by atoms with Gasteiger partial charge in [0, 0.05) is 65.8 Å². The maximum Gasteiger partial charge on any atom is 0.0547 e. The number of hydrogen-bond donors (Lipinski definition) is 0. The summed E-state index contributed by atoms with van der Waals surface area (Å²) >= 11 is 0. The monoisotopic (exact) mass is 1270 g/mol. The molecule has 0 aliphatic carbocycles. The van der Waals surface area contributed by atoms with Crippen molar-refractivity contribution in [1.82, 2.24) is 18.3 Å². The number of nitrogens with zero attached hydrogens (tertiary/aromatic N) is 4. The van der Waals surface area contributed by atoms with E-state index >= 15 is 0 Å². The van der Waals surface area contributed by atoms with Gasteiger partial charge in [-0.05, 0) is 188 Å². The van der Waals surface area contributed by atoms with Crippen molar-refractivity contribution in [3.63, 3.8) is 0 Å². The molecule has 20 aromatic rings. The quantitative estimate of drug-likeness (QED) is 0.130. The van der Waals surface area contributed by atoms with Gasteiger partial charge in [0.15, 0.2) is 0 Å². The van der Waals surface area contributed by atoms with E-state index in [4.69, 9.17) is 0 Å². The van der Waals surface area contributed by atoms with Crippen LogP contribution in [-0.2, 0) is 0 Å². The standard InChI is InChI=1S/2C48H32N2/c1-4-13-33(14-5-1)35-17-12-20-40(29-35)50-45-22-11-10-21-41(45)43-30-36(25-28-47(43)50)37-24-27-46-44(31-37)42-26-23-38(34-15-6-2-7-16-34)32-48(42)49(46)39-18-8-3-9-19-39;1-4-12-33(13-5-1)35-20-25-40(26-21-35)50-47-29-24-37(31-44(47)42-27-22-38(32-48(42)50)34-14-6-2-7-15-34)36-23-28-46-43(30-36)41-18-10-11-19-45(41)49(46)39-16-8-3-9-17-39/h2*1-32H. The van der Waals surface area contributed by atoms with E-state index in [9.17, 15) is 0 Å². The van der Waals surface area contributed by atoms with Crippen molar-refractivity contribution in [1.29, 1.82) is 0 Å². The third-order valence-corrected chi connectivity index (χ3v) is 20.2. The molecular formula is C96H64N4. The maximum absolute atomic E-state index is 2.42. The molecule has 4 aromatic heterocycles. The predicted molar refractivity (Wildman–Crippen MR) is 423 cm³/mol. The first-order valence-corrected chi connectivity index (χ1v) is 34.4. The van der Waals surface area contributed by atoms with Crippen LogP contribution in [0.5, 0.6) is 0 Å². The summed E-state index contributed by atoms with van der Waals surface area (Å²) in [7, 11) is 0. The molecule has 4 heterocycles. The van der Waals surface area contributed by atoms with Crippen molar-refractivity contribution in [3.8, 4) is 89.5 Å². The van der Waals surface area contributed by atoms with Crippen LogP contribution in [0.4, 0.5) is 0 Å². The van der Waals surface area contributed by atoms with E-state index in [1.807, 2.05) is 0 Å². The summed E-state index contributed by atoms with van der Waals surface area (Å²) in [6, 6.07) is 141. The SMILES string of the molecule is c1ccc(-c2ccc(-n3c4ccc(-c5ccc6c(c5)c5ccccc5n6-c5ccccc5)cc4c4ccc(-c5ccccc5)cc43)cc2)cc1.c1ccc(-c2cccc(-n3c4ccccc4c4cc(-c5ccc6c(c5)c5ccc(-c7ccccc7)cc5n6-c5ccccc5)ccc43)c2)cc1. The van der Waals surface area contributed by atoms with Gasteiger partial charge in [0.1, 0.15) is 0 Å². The third-order valence-electron chi connectivity index (χ3n) is 20.2. The zero-order valence-corrected chi connectivity index (χ0v) is 54.7. The molecule has 0 atom stereocenters. The molecule has 0 N–H and O–H groups in total. The van der Waals surface area contributed by atoms with Crippen LogP contribution in [0.25, 0.3) is 177 Å². The zero-order valence-electron chi connectivity index (χ0n) is 54.7. The second-order valence-corrected chi connectivity index (χ2v) is 26.0. The Hall–Kier alpha value is -13.3. The molecule has 0 spiro atoms. The fraction of sp³-hybridized carbons (Fsp3) is 0. The molecule has 0 bridgehead atoms. The van der Waals surface area contributed by atoms with Crippen LogP contribution < -0.4 is 0 Å². The van der Waals surface area contributed by atoms with Gasteiger partial charge in [-0.3, -0.25) is 0 Å². The van der Waals surface area contributed by atoms with E-state index < -0.39 is 0 Å². The second-order valence-electron chi connectivity index (χ2n) is 26.0. The molecule has 20 rings (SSSR count). The summed E-state index contributed by atoms with van der Waals surface area (Å²) in [5.74, 6) is 0. The first-order chi connectivity index (χ1) is 49.6. The minimum absolute atomic E-state index is 1.15. The summed E-state index contributed by atoms with van der Waals surface area (Å²) < 4.78 is 9.61. The first-order valence-electron chi connectivity index (χ1n) is 34.4. The Balaban J connectivity index is 0.000000139. The van der Waals surface area contributed by atoms with Crippen molar-refractivity contribution in [2.45, 2.75) is 0 Å². The van der Waals surface area contributed by atoms with Gasteiger partial charge in [-0.1, -0.05) is 267 Å². The molecule has 0 aliphatic rings. The van der Waals surface area contributed by atoms with E-state index in [1.165, 1.54) is 160 Å². The molecule has 100 heavy (non-hydrogen) atoms. The van der Waals surface area contributed by atoms with Crippen LogP contribution in [-0.4, -0.2) is 18.3 Å². The fourth-order valence-electron chi connectivity index (χ4n) is 15.5. The Kier molecular flexibility index (Phi) is 14.2. The molecule has 468 valence electrons. The molecule has 0 aliphatic heterocycles. The van der Waals surface area contributed by atoms with Gasteiger partial charge in [-0.2, -0.15) is 0 Å². The minimum Gasteiger partial charge on any atom is -0.309 e. The van der Waals surface area contributed by atoms with Crippen LogP contribution >= 0.6 is 0 Å². The number of aromatic nitrogens is 4. The first kappa shape index (κ1) is 58.1. The van der Waals surface area contributed by atoms with E-state index in [0.717, 1.165) is 17.1 Å². The highest BCUT2D eigenvalue weighted by molar-refractivity contribution is 6.15. The molecule has 16 aromatic carbocycles. The van der Waals surface area contributed by atoms with Gasteiger partial charge in [0.25, 0.3) is 0 Å². The van der Waals surface area contributed by atoms with Gasteiger partial charge >= 0.3 is 0 Å². The van der Waals surface area contributed by atoms with Crippen molar-refractivity contribution >= 4 is 87.2 Å². The normalized spacial score (nSPS) is 11.6. The maximum atomic E-state index is 2.42. The van der Waals surface area contributed by atoms with Gasteiger partial charge in [0.2, 0.25) is 0 Å². The Bertz CT molecular complexity index is 6460. The average molecular weight is 1270 g/mol. The molecule has 0 unspecified atom stereocenters. The van der Waals surface area contributed by atoms with Crippen molar-refractivity contribution < 1.29 is 0 Å². The van der Waals surface area contributed by atoms with Gasteiger partial charge in [-0.15, -0.1) is 0 Å². The van der Waals surface area contributed by atoms with Gasteiger partial charge < -0.3 is 18.3 Å². The summed E-state index contributed by atoms with van der Waals surface area (Å²) in [6.45, 7) is 0. The molecular weight excluding hydrogens is 1210 g/mol. The molecule has 0 amide bonds. The van der Waals surface area contributed by atoms with Crippen LogP contribution in [0.2, 0.25) is 0 Å². The lowest BCUT2D eigenvalue weighted by molar-refractivity contribution is 1.18. The topological polar surface area (TPSA) is 19.7 Å². The summed E-state index contributed by atoms with van der Waals surface area (Å²) in [5, 5.41) is 10.0. The van der Waals surface area contributed by atoms with E-state index in [0.29, 0.717) is 0 Å². The smallest absolute Gasteiger partial charge is 0.0547 e. The number of benzene rings is 16. The highest BCUT2D eigenvalue weighted by Gasteiger charge is 2.21. The highest BCUT2D eigenvalue weighted by atomic mass is 15.0. The Morgan fingerprint density at radius 1 is 0.110 bits per heavy atom. The lowest BCUT2D eigenvalue weighted by Crippen LogP contribution is -1.94. The van der Waals surface area contributed by atoms with Crippen molar-refractivity contribution in [2.24, 2.45) is 0 Å². The number of rotatable bonds is 10. The average Bonchev–Trinajstić information content (AvgIpc) is 1.59. The van der Waals surface area contributed by atoms with E-state index in [2.05, 4.69) is 407 Å². The van der Waals surface area contributed by atoms with Crippen LogP contribution in [0.3, 0.4) is 0 Å². The molecule has 4 heteroatoms. The van der Waals surface area contributed by atoms with Crippen LogP contribution in [0.1, 0.15) is 0 Å². The zero-order chi connectivity index (χ0) is 66.0. The molecule has 0 saturated heterocycles. The van der Waals surface area contributed by atoms with Crippen molar-refractivity contribution in [3.05, 3.63) is 388 Å². The predicted octanol–water partition coefficient (Wildman–Crippen LogP) is 25.8. The third kappa shape index (κ3) is 10.1. The molecule has 0 radical (unpaired) electrons. The number of hydrogen-bond acceptors (Lipinski definition) is 0. The van der Waals surface area contributed by atoms with Crippen LogP contribution in [0, 0.1) is 0 Å². The Labute approximate surface area is 579 Å².